The summed E-state index contributed by atoms with van der Waals surface area (Å²) < 4.78 is 0. The number of primary amides is 1. The standard InChI is InChI=1S/C13H20N2O2/c1-2-6-15(7-8-16)10-11-4-3-5-12(9-11)13(14)17/h3-5,9,16H,2,6-8,10H2,1H3,(H2,14,17). The molecule has 0 radical (unpaired) electrons. The van der Waals surface area contributed by atoms with Gasteiger partial charge in [0.15, 0.2) is 0 Å². The number of hydrogen-bond donors (Lipinski definition) is 2. The van der Waals surface area contributed by atoms with Crippen molar-refractivity contribution in [1.82, 2.24) is 4.90 Å². The Morgan fingerprint density at radius 3 is 2.76 bits per heavy atom. The van der Waals surface area contributed by atoms with Crippen LogP contribution in [0, 0.1) is 0 Å². The Bertz CT molecular complexity index is 360. The lowest BCUT2D eigenvalue weighted by molar-refractivity contribution is 0.1000. The van der Waals surface area contributed by atoms with Crippen LogP contribution in [0.15, 0.2) is 24.3 Å². The molecule has 0 atom stereocenters. The number of amides is 1. The van der Waals surface area contributed by atoms with Gasteiger partial charge >= 0.3 is 0 Å². The number of aliphatic hydroxyl groups excluding tert-OH is 1. The minimum absolute atomic E-state index is 0.148. The summed E-state index contributed by atoms with van der Waals surface area (Å²) in [6.07, 6.45) is 1.04. The zero-order valence-electron chi connectivity index (χ0n) is 10.2. The van der Waals surface area contributed by atoms with Gasteiger partial charge in [-0.3, -0.25) is 9.69 Å². The number of rotatable bonds is 7. The van der Waals surface area contributed by atoms with Gasteiger partial charge in [0.25, 0.3) is 0 Å². The Balaban J connectivity index is 2.71. The lowest BCUT2D eigenvalue weighted by Gasteiger charge is -2.20. The highest BCUT2D eigenvalue weighted by Crippen LogP contribution is 2.08. The van der Waals surface area contributed by atoms with Gasteiger partial charge in [-0.15, -0.1) is 0 Å². The van der Waals surface area contributed by atoms with Crippen molar-refractivity contribution in [3.05, 3.63) is 35.4 Å². The Labute approximate surface area is 102 Å². The number of hydrogen-bond acceptors (Lipinski definition) is 3. The van der Waals surface area contributed by atoms with Gasteiger partial charge in [0.05, 0.1) is 6.61 Å². The summed E-state index contributed by atoms with van der Waals surface area (Å²) in [5.74, 6) is -0.406. The maximum Gasteiger partial charge on any atom is 0.248 e. The first-order chi connectivity index (χ1) is 8.17. The summed E-state index contributed by atoms with van der Waals surface area (Å²) in [6, 6.07) is 7.31. The van der Waals surface area contributed by atoms with Crippen LogP contribution in [0.3, 0.4) is 0 Å². The largest absolute Gasteiger partial charge is 0.395 e. The smallest absolute Gasteiger partial charge is 0.248 e. The molecule has 1 aromatic carbocycles. The molecule has 0 spiro atoms. The molecule has 1 amide bonds. The maximum absolute atomic E-state index is 11.1. The first-order valence-corrected chi connectivity index (χ1v) is 5.89. The normalized spacial score (nSPS) is 10.8. The quantitative estimate of drug-likeness (QED) is 0.742. The molecule has 4 heteroatoms. The molecule has 4 nitrogen and oxygen atoms in total. The fraction of sp³-hybridized carbons (Fsp3) is 0.462. The van der Waals surface area contributed by atoms with Crippen LogP contribution in [0.5, 0.6) is 0 Å². The molecule has 0 aliphatic heterocycles. The third-order valence-electron chi connectivity index (χ3n) is 2.57. The van der Waals surface area contributed by atoms with Crippen LogP contribution >= 0.6 is 0 Å². The second kappa shape index (κ2) is 7.04. The molecule has 94 valence electrons. The average molecular weight is 236 g/mol. The number of carbonyl (C=O) groups is 1. The first-order valence-electron chi connectivity index (χ1n) is 5.89. The van der Waals surface area contributed by atoms with E-state index in [1.807, 2.05) is 18.2 Å². The van der Waals surface area contributed by atoms with E-state index in [2.05, 4.69) is 11.8 Å². The zero-order valence-corrected chi connectivity index (χ0v) is 10.2. The molecule has 17 heavy (non-hydrogen) atoms. The number of nitrogens with two attached hydrogens (primary N) is 1. The molecule has 0 aliphatic carbocycles. The molecule has 0 fully saturated rings. The van der Waals surface area contributed by atoms with E-state index in [0.29, 0.717) is 12.1 Å². The fourth-order valence-corrected chi connectivity index (χ4v) is 1.81. The molecule has 0 unspecified atom stereocenters. The van der Waals surface area contributed by atoms with Crippen molar-refractivity contribution in [2.75, 3.05) is 19.7 Å². The molecular formula is C13H20N2O2. The highest BCUT2D eigenvalue weighted by molar-refractivity contribution is 5.92. The van der Waals surface area contributed by atoms with Crippen molar-refractivity contribution in [1.29, 1.82) is 0 Å². The van der Waals surface area contributed by atoms with Crippen LogP contribution in [0.1, 0.15) is 29.3 Å². The van der Waals surface area contributed by atoms with E-state index < -0.39 is 5.91 Å². The summed E-state index contributed by atoms with van der Waals surface area (Å²) in [4.78, 5) is 13.2. The van der Waals surface area contributed by atoms with Crippen LogP contribution in [0.2, 0.25) is 0 Å². The highest BCUT2D eigenvalue weighted by Gasteiger charge is 2.06. The molecule has 1 aromatic rings. The van der Waals surface area contributed by atoms with Crippen molar-refractivity contribution in [2.24, 2.45) is 5.73 Å². The molecule has 0 saturated heterocycles. The van der Waals surface area contributed by atoms with Crippen LogP contribution < -0.4 is 5.73 Å². The first kappa shape index (κ1) is 13.7. The zero-order chi connectivity index (χ0) is 12.7. The van der Waals surface area contributed by atoms with Gasteiger partial charge in [-0.25, -0.2) is 0 Å². The van der Waals surface area contributed by atoms with Gasteiger partial charge in [0, 0.05) is 18.7 Å². The van der Waals surface area contributed by atoms with E-state index in [0.717, 1.165) is 25.1 Å². The summed E-state index contributed by atoms with van der Waals surface area (Å²) >= 11 is 0. The van der Waals surface area contributed by atoms with Gasteiger partial charge in [0.1, 0.15) is 0 Å². The Morgan fingerprint density at radius 1 is 1.41 bits per heavy atom. The van der Waals surface area contributed by atoms with Crippen molar-refractivity contribution >= 4 is 5.91 Å². The van der Waals surface area contributed by atoms with Crippen molar-refractivity contribution < 1.29 is 9.90 Å². The summed E-state index contributed by atoms with van der Waals surface area (Å²) in [5, 5.41) is 8.97. The van der Waals surface area contributed by atoms with Gasteiger partial charge in [-0.1, -0.05) is 19.1 Å². The number of nitrogens with zero attached hydrogens (tertiary/aromatic N) is 1. The molecular weight excluding hydrogens is 216 g/mol. The predicted molar refractivity (Wildman–Crippen MR) is 67.6 cm³/mol. The van der Waals surface area contributed by atoms with Gasteiger partial charge in [-0.2, -0.15) is 0 Å². The van der Waals surface area contributed by atoms with Gasteiger partial charge in [-0.05, 0) is 30.7 Å². The van der Waals surface area contributed by atoms with E-state index in [1.54, 1.807) is 6.07 Å². The maximum atomic E-state index is 11.1. The van der Waals surface area contributed by atoms with Crippen molar-refractivity contribution in [3.63, 3.8) is 0 Å². The SMILES string of the molecule is CCCN(CCO)Cc1cccc(C(N)=O)c1. The average Bonchev–Trinajstić information content (AvgIpc) is 2.30. The monoisotopic (exact) mass is 236 g/mol. The second-order valence-corrected chi connectivity index (χ2v) is 4.06. The molecule has 0 aliphatic rings. The number of carbonyl (C=O) groups excluding carboxylic acids is 1. The molecule has 0 aromatic heterocycles. The second-order valence-electron chi connectivity index (χ2n) is 4.06. The number of benzene rings is 1. The third-order valence-corrected chi connectivity index (χ3v) is 2.57. The van der Waals surface area contributed by atoms with E-state index in [4.69, 9.17) is 10.8 Å². The van der Waals surface area contributed by atoms with Crippen LogP contribution in [0.25, 0.3) is 0 Å². The van der Waals surface area contributed by atoms with Crippen LogP contribution in [0.4, 0.5) is 0 Å². The summed E-state index contributed by atoms with van der Waals surface area (Å²) in [7, 11) is 0. The predicted octanol–water partition coefficient (Wildman–Crippen LogP) is 0.990. The van der Waals surface area contributed by atoms with E-state index in [-0.39, 0.29) is 6.61 Å². The fourth-order valence-electron chi connectivity index (χ4n) is 1.81. The van der Waals surface area contributed by atoms with E-state index in [9.17, 15) is 4.79 Å². The lowest BCUT2D eigenvalue weighted by Crippen LogP contribution is -2.27. The topological polar surface area (TPSA) is 66.6 Å². The van der Waals surface area contributed by atoms with Crippen LogP contribution in [-0.4, -0.2) is 35.6 Å². The molecule has 0 heterocycles. The molecule has 0 saturated carbocycles. The van der Waals surface area contributed by atoms with Crippen molar-refractivity contribution in [3.8, 4) is 0 Å². The Morgan fingerprint density at radius 2 is 2.18 bits per heavy atom. The summed E-state index contributed by atoms with van der Waals surface area (Å²) in [5.41, 5.74) is 6.81. The summed E-state index contributed by atoms with van der Waals surface area (Å²) in [6.45, 7) is 4.56. The molecule has 3 N–H and O–H groups in total. The minimum atomic E-state index is -0.406. The van der Waals surface area contributed by atoms with Gasteiger partial charge < -0.3 is 10.8 Å². The van der Waals surface area contributed by atoms with Gasteiger partial charge in [0.2, 0.25) is 5.91 Å². The molecule has 1 rings (SSSR count). The van der Waals surface area contributed by atoms with Crippen LogP contribution in [-0.2, 0) is 6.54 Å². The lowest BCUT2D eigenvalue weighted by atomic mass is 10.1. The Hall–Kier alpha value is -1.39. The van der Waals surface area contributed by atoms with E-state index in [1.165, 1.54) is 0 Å². The minimum Gasteiger partial charge on any atom is -0.395 e. The highest BCUT2D eigenvalue weighted by atomic mass is 16.3. The Kier molecular flexibility index (Phi) is 5.66. The van der Waals surface area contributed by atoms with Crippen molar-refractivity contribution in [2.45, 2.75) is 19.9 Å². The third kappa shape index (κ3) is 4.54. The van der Waals surface area contributed by atoms with E-state index >= 15 is 0 Å². The number of aliphatic hydroxyl groups is 1. The molecule has 0 bridgehead atoms.